The summed E-state index contributed by atoms with van der Waals surface area (Å²) >= 11 is 3.21. The van der Waals surface area contributed by atoms with Gasteiger partial charge in [0.05, 0.1) is 6.10 Å². The van der Waals surface area contributed by atoms with E-state index in [1.807, 2.05) is 0 Å². The molecule has 1 aromatic heterocycles. The summed E-state index contributed by atoms with van der Waals surface area (Å²) in [5, 5.41) is 9.86. The molecule has 0 radical (unpaired) electrons. The minimum absolute atomic E-state index is 0.00920. The maximum absolute atomic E-state index is 13.5. The van der Waals surface area contributed by atoms with E-state index < -0.39 is 23.6 Å². The average molecular weight is 332 g/mol. The molecule has 0 fully saturated rings. The molecule has 100 valence electrons. The Labute approximate surface area is 116 Å². The first-order valence-electron chi connectivity index (χ1n) is 5.41. The van der Waals surface area contributed by atoms with Gasteiger partial charge in [0.25, 0.3) is 0 Å². The van der Waals surface area contributed by atoms with Crippen molar-refractivity contribution in [2.75, 3.05) is 0 Å². The van der Waals surface area contributed by atoms with Gasteiger partial charge in [0.2, 0.25) is 0 Å². The Morgan fingerprint density at radius 3 is 2.47 bits per heavy atom. The Hall–Kier alpha value is -1.40. The van der Waals surface area contributed by atoms with E-state index in [1.54, 1.807) is 12.1 Å². The fraction of sp³-hybridized carbons (Fsp3) is 0.154. The molecule has 0 saturated heterocycles. The summed E-state index contributed by atoms with van der Waals surface area (Å²) in [6.45, 7) is 0. The molecule has 0 bridgehead atoms. The molecule has 19 heavy (non-hydrogen) atoms. The number of rotatable bonds is 3. The van der Waals surface area contributed by atoms with Crippen molar-refractivity contribution in [3.63, 3.8) is 0 Å². The van der Waals surface area contributed by atoms with Crippen molar-refractivity contribution in [2.45, 2.75) is 12.5 Å². The average Bonchev–Trinajstić information content (AvgIpc) is 2.39. The maximum atomic E-state index is 13.5. The largest absolute Gasteiger partial charge is 0.388 e. The van der Waals surface area contributed by atoms with Crippen molar-refractivity contribution in [1.82, 2.24) is 4.98 Å². The Kier molecular flexibility index (Phi) is 4.21. The van der Waals surface area contributed by atoms with Crippen LogP contribution in [0.3, 0.4) is 0 Å². The van der Waals surface area contributed by atoms with Gasteiger partial charge in [-0.25, -0.2) is 13.2 Å². The highest BCUT2D eigenvalue weighted by atomic mass is 79.9. The van der Waals surface area contributed by atoms with E-state index in [2.05, 4.69) is 20.9 Å². The summed E-state index contributed by atoms with van der Waals surface area (Å²) in [5.41, 5.74) is 0.225. The van der Waals surface area contributed by atoms with Gasteiger partial charge in [0, 0.05) is 28.3 Å². The minimum atomic E-state index is -1.58. The zero-order valence-corrected chi connectivity index (χ0v) is 11.2. The molecule has 0 spiro atoms. The van der Waals surface area contributed by atoms with Crippen molar-refractivity contribution < 1.29 is 18.3 Å². The van der Waals surface area contributed by atoms with E-state index in [0.717, 1.165) is 16.6 Å². The number of benzene rings is 1. The fourth-order valence-corrected chi connectivity index (χ4v) is 1.87. The fourth-order valence-electron chi connectivity index (χ4n) is 1.63. The highest BCUT2D eigenvalue weighted by molar-refractivity contribution is 9.10. The van der Waals surface area contributed by atoms with Crippen molar-refractivity contribution in [3.05, 3.63) is 63.6 Å². The lowest BCUT2D eigenvalue weighted by atomic mass is 10.0. The number of aliphatic hydroxyl groups is 1. The van der Waals surface area contributed by atoms with Gasteiger partial charge < -0.3 is 5.11 Å². The number of hydrogen-bond donors (Lipinski definition) is 1. The zero-order chi connectivity index (χ0) is 14.0. The third-order valence-corrected chi connectivity index (χ3v) is 3.08. The molecule has 2 nitrogen and oxygen atoms in total. The standard InChI is InChI=1S/C13H9BrF3NO/c14-7-1-2-8(18-6-7)5-11(19)9-3-4-10(15)13(17)12(9)16/h1-4,6,11,19H,5H2. The van der Waals surface area contributed by atoms with Gasteiger partial charge in [0.1, 0.15) is 0 Å². The van der Waals surface area contributed by atoms with Crippen LogP contribution in [0, 0.1) is 17.5 Å². The summed E-state index contributed by atoms with van der Waals surface area (Å²) in [5.74, 6) is -4.24. The van der Waals surface area contributed by atoms with Crippen LogP contribution in [-0.4, -0.2) is 10.1 Å². The number of aliphatic hydroxyl groups excluding tert-OH is 1. The Bertz CT molecular complexity index is 589. The topological polar surface area (TPSA) is 33.1 Å². The lowest BCUT2D eigenvalue weighted by molar-refractivity contribution is 0.170. The highest BCUT2D eigenvalue weighted by Gasteiger charge is 2.19. The van der Waals surface area contributed by atoms with Crippen LogP contribution in [0.1, 0.15) is 17.4 Å². The molecule has 1 aromatic carbocycles. The SMILES string of the molecule is OC(Cc1ccc(Br)cn1)c1ccc(F)c(F)c1F. The van der Waals surface area contributed by atoms with Gasteiger partial charge in [-0.2, -0.15) is 0 Å². The predicted molar refractivity (Wildman–Crippen MR) is 66.9 cm³/mol. The number of hydrogen-bond acceptors (Lipinski definition) is 2. The van der Waals surface area contributed by atoms with Crippen molar-refractivity contribution in [1.29, 1.82) is 0 Å². The van der Waals surface area contributed by atoms with Crippen LogP contribution in [0.25, 0.3) is 0 Å². The normalized spacial score (nSPS) is 12.5. The molecular formula is C13H9BrF3NO. The second-order valence-electron chi connectivity index (χ2n) is 3.95. The first kappa shape index (κ1) is 14.0. The lowest BCUT2D eigenvalue weighted by Gasteiger charge is -2.12. The van der Waals surface area contributed by atoms with E-state index in [-0.39, 0.29) is 12.0 Å². The van der Waals surface area contributed by atoms with E-state index in [4.69, 9.17) is 0 Å². The molecule has 0 saturated carbocycles. The minimum Gasteiger partial charge on any atom is -0.388 e. The summed E-state index contributed by atoms with van der Waals surface area (Å²) in [7, 11) is 0. The molecule has 1 unspecified atom stereocenters. The molecule has 1 N–H and O–H groups in total. The van der Waals surface area contributed by atoms with Crippen LogP contribution in [-0.2, 0) is 6.42 Å². The molecule has 0 aliphatic heterocycles. The van der Waals surface area contributed by atoms with Crippen LogP contribution in [0.4, 0.5) is 13.2 Å². The second-order valence-corrected chi connectivity index (χ2v) is 4.87. The summed E-state index contributed by atoms with van der Waals surface area (Å²) < 4.78 is 40.1. The van der Waals surface area contributed by atoms with Gasteiger partial charge in [0.15, 0.2) is 17.5 Å². The molecule has 0 aliphatic carbocycles. The van der Waals surface area contributed by atoms with Crippen LogP contribution < -0.4 is 0 Å². The van der Waals surface area contributed by atoms with Gasteiger partial charge in [-0.3, -0.25) is 4.98 Å². The predicted octanol–water partition coefficient (Wildman–Crippen LogP) is 3.54. The molecule has 6 heteroatoms. The molecule has 2 aromatic rings. The lowest BCUT2D eigenvalue weighted by Crippen LogP contribution is -2.08. The zero-order valence-electron chi connectivity index (χ0n) is 9.58. The number of nitrogens with zero attached hydrogens (tertiary/aromatic N) is 1. The van der Waals surface area contributed by atoms with Crippen LogP contribution in [0.5, 0.6) is 0 Å². The Morgan fingerprint density at radius 2 is 1.84 bits per heavy atom. The molecular weight excluding hydrogens is 323 g/mol. The van der Waals surface area contributed by atoms with Crippen molar-refractivity contribution in [3.8, 4) is 0 Å². The van der Waals surface area contributed by atoms with Crippen LogP contribution in [0.2, 0.25) is 0 Å². The quantitative estimate of drug-likeness (QED) is 0.873. The van der Waals surface area contributed by atoms with E-state index in [1.165, 1.54) is 6.20 Å². The van der Waals surface area contributed by atoms with Gasteiger partial charge in [-0.05, 0) is 34.1 Å². The van der Waals surface area contributed by atoms with Crippen LogP contribution in [0.15, 0.2) is 34.9 Å². The molecule has 0 aliphatic rings. The van der Waals surface area contributed by atoms with Gasteiger partial charge in [-0.15, -0.1) is 0 Å². The van der Waals surface area contributed by atoms with Gasteiger partial charge >= 0.3 is 0 Å². The third-order valence-electron chi connectivity index (χ3n) is 2.62. The summed E-state index contributed by atoms with van der Waals surface area (Å²) in [6, 6.07) is 5.17. The molecule has 0 amide bonds. The Balaban J connectivity index is 2.23. The third kappa shape index (κ3) is 3.13. The van der Waals surface area contributed by atoms with E-state index >= 15 is 0 Å². The first-order chi connectivity index (χ1) is 8.99. The maximum Gasteiger partial charge on any atom is 0.194 e. The van der Waals surface area contributed by atoms with Gasteiger partial charge in [-0.1, -0.05) is 6.07 Å². The monoisotopic (exact) mass is 331 g/mol. The second kappa shape index (κ2) is 5.71. The Morgan fingerprint density at radius 1 is 1.11 bits per heavy atom. The molecule has 1 atom stereocenters. The highest BCUT2D eigenvalue weighted by Crippen LogP contribution is 2.24. The van der Waals surface area contributed by atoms with E-state index in [0.29, 0.717) is 5.69 Å². The summed E-state index contributed by atoms with van der Waals surface area (Å²) in [6.07, 6.45) is 0.252. The van der Waals surface area contributed by atoms with E-state index in [9.17, 15) is 18.3 Å². The molecule has 2 rings (SSSR count). The van der Waals surface area contributed by atoms with Crippen LogP contribution >= 0.6 is 15.9 Å². The molecule has 1 heterocycles. The first-order valence-corrected chi connectivity index (χ1v) is 6.20. The van der Waals surface area contributed by atoms with Crippen molar-refractivity contribution in [2.24, 2.45) is 0 Å². The number of aromatic nitrogens is 1. The summed E-state index contributed by atoms with van der Waals surface area (Å²) in [4.78, 5) is 4.02. The van der Waals surface area contributed by atoms with Crippen molar-refractivity contribution >= 4 is 15.9 Å². The number of halogens is 4. The smallest absolute Gasteiger partial charge is 0.194 e. The number of pyridine rings is 1.